The molecule has 2 atom stereocenters. The number of hydrogen-bond donors (Lipinski definition) is 0. The maximum Gasteiger partial charge on any atom is 0.272 e. The van der Waals surface area contributed by atoms with Gasteiger partial charge in [0.2, 0.25) is 17.7 Å². The van der Waals surface area contributed by atoms with Gasteiger partial charge in [0, 0.05) is 70.3 Å². The molecule has 0 N–H and O–H groups in total. The molecule has 45 heavy (non-hydrogen) atoms. The molecule has 2 aromatic carbocycles. The van der Waals surface area contributed by atoms with Gasteiger partial charge in [-0.15, -0.1) is 0 Å². The van der Waals surface area contributed by atoms with Crippen molar-refractivity contribution in [3.63, 3.8) is 0 Å². The minimum atomic E-state index is -2.63. The summed E-state index contributed by atoms with van der Waals surface area (Å²) in [6, 6.07) is 21.1. The van der Waals surface area contributed by atoms with Crippen LogP contribution in [0.3, 0.4) is 0 Å². The van der Waals surface area contributed by atoms with E-state index < -0.39 is 13.0 Å². The van der Waals surface area contributed by atoms with E-state index in [1.54, 1.807) is 7.11 Å². The Balaban J connectivity index is 1.37. The minimum absolute atomic E-state index is 0.0260. The zero-order valence-corrected chi connectivity index (χ0v) is 25.9. The fraction of sp³-hybridized carbons (Fsp3) is 0.500. The molecule has 3 aliphatic rings. The molecular formula is C34H41F2N5O4. The summed E-state index contributed by atoms with van der Waals surface area (Å²) in [5, 5.41) is 0. The molecule has 2 aliphatic heterocycles. The molecule has 1 aliphatic carbocycles. The molecule has 9 nitrogen and oxygen atoms in total. The van der Waals surface area contributed by atoms with Crippen molar-refractivity contribution in [2.24, 2.45) is 0 Å². The Bertz CT molecular complexity index is 1390. The summed E-state index contributed by atoms with van der Waals surface area (Å²) in [5.74, 6) is 1.33. The summed E-state index contributed by atoms with van der Waals surface area (Å²) in [4.78, 5) is 29.0. The first-order chi connectivity index (χ1) is 21.9. The smallest absolute Gasteiger partial charge is 0.272 e. The molecule has 3 fully saturated rings. The Morgan fingerprint density at radius 2 is 1.58 bits per heavy atom. The Morgan fingerprint density at radius 1 is 0.911 bits per heavy atom. The lowest BCUT2D eigenvalue weighted by Gasteiger charge is -2.53. The highest BCUT2D eigenvalue weighted by Gasteiger charge is 2.43. The third-order valence-electron chi connectivity index (χ3n) is 9.00. The molecule has 3 heterocycles. The Hall–Kier alpha value is -3.67. The van der Waals surface area contributed by atoms with E-state index in [4.69, 9.17) is 14.2 Å². The van der Waals surface area contributed by atoms with Gasteiger partial charge >= 0.3 is 0 Å². The molecule has 2 unspecified atom stereocenters. The van der Waals surface area contributed by atoms with Gasteiger partial charge in [0.05, 0.1) is 12.7 Å². The van der Waals surface area contributed by atoms with Crippen molar-refractivity contribution in [1.29, 1.82) is 0 Å². The second-order valence-electron chi connectivity index (χ2n) is 12.1. The summed E-state index contributed by atoms with van der Waals surface area (Å²) in [6.45, 7) is 2.93. The number of rotatable bonds is 12. The van der Waals surface area contributed by atoms with Crippen molar-refractivity contribution in [3.8, 4) is 11.8 Å². The molecule has 0 radical (unpaired) electrons. The molecule has 0 spiro atoms. The van der Waals surface area contributed by atoms with Gasteiger partial charge < -0.3 is 19.1 Å². The number of ether oxygens (including phenoxy) is 3. The number of amides is 1. The maximum absolute atomic E-state index is 13.3. The number of benzene rings is 2. The molecule has 2 saturated heterocycles. The standard InChI is InChI=1S/C34H41F2N5O4/c1-43-22-30(42)40-15-16-41-26(18-40)17-39(20-28(41)31(23-9-5-3-6-10-23)24-11-7-4-8-12-24)19-27-33(44-2)37-32(25-13-14-25)38-34(27)45-21-29(35)36/h3-12,25-26,28-29,31H,13-22H2,1-2H3. The van der Waals surface area contributed by atoms with Crippen LogP contribution in [0.4, 0.5) is 8.78 Å². The first kappa shape index (κ1) is 31.3. The lowest BCUT2D eigenvalue weighted by molar-refractivity contribution is -0.140. The van der Waals surface area contributed by atoms with Gasteiger partial charge in [0.15, 0.2) is 6.61 Å². The third-order valence-corrected chi connectivity index (χ3v) is 9.00. The van der Waals surface area contributed by atoms with Crippen LogP contribution < -0.4 is 9.47 Å². The summed E-state index contributed by atoms with van der Waals surface area (Å²) < 4.78 is 43.1. The van der Waals surface area contributed by atoms with Gasteiger partial charge in [-0.1, -0.05) is 60.7 Å². The topological polar surface area (TPSA) is 80.3 Å². The average Bonchev–Trinajstić information content (AvgIpc) is 3.91. The van der Waals surface area contributed by atoms with Crippen LogP contribution in [-0.2, 0) is 16.1 Å². The van der Waals surface area contributed by atoms with Crippen molar-refractivity contribution < 1.29 is 27.8 Å². The zero-order valence-electron chi connectivity index (χ0n) is 25.9. The summed E-state index contributed by atoms with van der Waals surface area (Å²) in [7, 11) is 3.08. The van der Waals surface area contributed by atoms with Crippen molar-refractivity contribution in [3.05, 3.63) is 83.2 Å². The molecule has 1 aromatic heterocycles. The lowest BCUT2D eigenvalue weighted by Crippen LogP contribution is -2.67. The number of alkyl halides is 2. The Labute approximate surface area is 263 Å². The number of piperazine rings is 2. The fourth-order valence-corrected chi connectivity index (χ4v) is 6.81. The van der Waals surface area contributed by atoms with Crippen LogP contribution in [-0.4, -0.2) is 109 Å². The van der Waals surface area contributed by atoms with Gasteiger partial charge in [0.25, 0.3) is 6.43 Å². The van der Waals surface area contributed by atoms with E-state index in [1.807, 2.05) is 17.0 Å². The van der Waals surface area contributed by atoms with E-state index in [0.29, 0.717) is 50.0 Å². The van der Waals surface area contributed by atoms with E-state index in [2.05, 4.69) is 68.3 Å². The van der Waals surface area contributed by atoms with Crippen LogP contribution in [0.1, 0.15) is 47.2 Å². The molecule has 6 rings (SSSR count). The predicted molar refractivity (Wildman–Crippen MR) is 165 cm³/mol. The van der Waals surface area contributed by atoms with Crippen molar-refractivity contribution in [2.45, 2.75) is 49.7 Å². The molecule has 3 aromatic rings. The number of halogens is 2. The highest BCUT2D eigenvalue weighted by molar-refractivity contribution is 5.77. The van der Waals surface area contributed by atoms with Crippen LogP contribution in [0.5, 0.6) is 11.8 Å². The van der Waals surface area contributed by atoms with Crippen molar-refractivity contribution in [1.82, 2.24) is 24.7 Å². The summed E-state index contributed by atoms with van der Waals surface area (Å²) >= 11 is 0. The van der Waals surface area contributed by atoms with E-state index in [0.717, 1.165) is 19.4 Å². The largest absolute Gasteiger partial charge is 0.481 e. The van der Waals surface area contributed by atoms with Crippen LogP contribution in [0.15, 0.2) is 60.7 Å². The molecule has 0 bridgehead atoms. The van der Waals surface area contributed by atoms with Crippen LogP contribution in [0.2, 0.25) is 0 Å². The molecular weight excluding hydrogens is 580 g/mol. The minimum Gasteiger partial charge on any atom is -0.481 e. The monoisotopic (exact) mass is 621 g/mol. The summed E-state index contributed by atoms with van der Waals surface area (Å²) in [5.41, 5.74) is 2.99. The van der Waals surface area contributed by atoms with Crippen molar-refractivity contribution >= 4 is 5.91 Å². The maximum atomic E-state index is 13.3. The molecule has 1 amide bonds. The zero-order chi connectivity index (χ0) is 31.3. The first-order valence-corrected chi connectivity index (χ1v) is 15.7. The van der Waals surface area contributed by atoms with E-state index in [9.17, 15) is 13.6 Å². The highest BCUT2D eigenvalue weighted by atomic mass is 19.3. The van der Waals surface area contributed by atoms with Gasteiger partial charge in [-0.05, 0) is 24.0 Å². The number of carbonyl (C=O) groups is 1. The molecule has 1 saturated carbocycles. The highest BCUT2D eigenvalue weighted by Crippen LogP contribution is 2.41. The number of aromatic nitrogens is 2. The van der Waals surface area contributed by atoms with Gasteiger partial charge in [-0.25, -0.2) is 8.78 Å². The predicted octanol–water partition coefficient (Wildman–Crippen LogP) is 4.18. The SMILES string of the molecule is COCC(=O)N1CCN2C(CN(Cc3c(OC)nc(C4CC4)nc3OCC(F)F)CC2C(c2ccccc2)c2ccccc2)C1. The van der Waals surface area contributed by atoms with E-state index in [-0.39, 0.29) is 42.3 Å². The Kier molecular flexibility index (Phi) is 9.87. The van der Waals surface area contributed by atoms with E-state index in [1.165, 1.54) is 18.2 Å². The first-order valence-electron chi connectivity index (χ1n) is 15.7. The van der Waals surface area contributed by atoms with E-state index >= 15 is 0 Å². The van der Waals surface area contributed by atoms with Crippen LogP contribution in [0, 0.1) is 0 Å². The molecule has 240 valence electrons. The normalized spacial score (nSPS) is 20.8. The fourth-order valence-electron chi connectivity index (χ4n) is 6.81. The average molecular weight is 622 g/mol. The van der Waals surface area contributed by atoms with Gasteiger partial charge in [-0.2, -0.15) is 9.97 Å². The van der Waals surface area contributed by atoms with Crippen molar-refractivity contribution in [2.75, 3.05) is 60.2 Å². The third kappa shape index (κ3) is 7.26. The molecule has 11 heteroatoms. The second kappa shape index (κ2) is 14.2. The number of methoxy groups -OCH3 is 2. The van der Waals surface area contributed by atoms with Crippen LogP contribution in [0.25, 0.3) is 0 Å². The van der Waals surface area contributed by atoms with Crippen LogP contribution >= 0.6 is 0 Å². The number of nitrogens with zero attached hydrogens (tertiary/aromatic N) is 5. The summed E-state index contributed by atoms with van der Waals surface area (Å²) in [6.07, 6.45) is -0.715. The number of fused-ring (bicyclic) bond motifs is 1. The Morgan fingerprint density at radius 3 is 2.18 bits per heavy atom. The second-order valence-corrected chi connectivity index (χ2v) is 12.1. The number of carbonyl (C=O) groups excluding carboxylic acids is 1. The van der Waals surface area contributed by atoms with Gasteiger partial charge in [-0.3, -0.25) is 14.6 Å². The number of hydrogen-bond acceptors (Lipinski definition) is 8. The van der Waals surface area contributed by atoms with Gasteiger partial charge in [0.1, 0.15) is 12.4 Å². The quantitative estimate of drug-likeness (QED) is 0.298. The lowest BCUT2D eigenvalue weighted by atomic mass is 9.81.